The highest BCUT2D eigenvalue weighted by Crippen LogP contribution is 2.34. The Morgan fingerprint density at radius 2 is 1.57 bits per heavy atom. The summed E-state index contributed by atoms with van der Waals surface area (Å²) in [6, 6.07) is 13.2. The van der Waals surface area contributed by atoms with E-state index >= 15 is 0 Å². The van der Waals surface area contributed by atoms with Crippen molar-refractivity contribution in [3.8, 4) is 5.75 Å². The van der Waals surface area contributed by atoms with Crippen LogP contribution < -0.4 is 5.32 Å². The van der Waals surface area contributed by atoms with E-state index in [1.54, 1.807) is 36.4 Å². The monoisotopic (exact) mass is 378 g/mol. The summed E-state index contributed by atoms with van der Waals surface area (Å²) in [5.41, 5.74) is 1.50. The first-order valence-corrected chi connectivity index (χ1v) is 9.59. The van der Waals surface area contributed by atoms with Gasteiger partial charge in [-0.15, -0.1) is 0 Å². The molecule has 2 N–H and O–H groups in total. The number of nitrogens with one attached hydrogen (secondary N) is 1. The summed E-state index contributed by atoms with van der Waals surface area (Å²) in [5.74, 6) is -0.834. The van der Waals surface area contributed by atoms with E-state index in [2.05, 4.69) is 5.32 Å². The largest absolute Gasteiger partial charge is 0.508 e. The molecule has 0 aromatic heterocycles. The predicted molar refractivity (Wildman–Crippen MR) is 104 cm³/mol. The molecule has 2 aromatic rings. The van der Waals surface area contributed by atoms with Gasteiger partial charge in [0, 0.05) is 18.2 Å². The fourth-order valence-corrected chi connectivity index (χ4v) is 4.19. The summed E-state index contributed by atoms with van der Waals surface area (Å²) in [4.78, 5) is 39.5. The first-order chi connectivity index (χ1) is 13.5. The van der Waals surface area contributed by atoms with Crippen LogP contribution in [0.4, 0.5) is 5.69 Å². The number of carbonyl (C=O) groups excluding carboxylic acids is 3. The number of anilines is 1. The highest BCUT2D eigenvalue weighted by atomic mass is 16.3. The molecular formula is C22H22N2O4. The number of amides is 3. The Hall–Kier alpha value is -3.15. The standard InChI is InChI=1S/C22H22N2O4/c25-16-11-9-15(10-12-16)23-20(26)17-6-2-1-5-14(17)13-24-21(27)18-7-3-4-8-19(18)22(24)28/h3-4,7-12,14,17,25H,1-2,5-6,13H2,(H,23,26). The molecule has 1 aliphatic carbocycles. The molecule has 0 radical (unpaired) electrons. The van der Waals surface area contributed by atoms with Crippen molar-refractivity contribution in [1.29, 1.82) is 0 Å². The Balaban J connectivity index is 1.48. The lowest BCUT2D eigenvalue weighted by Crippen LogP contribution is -2.41. The second kappa shape index (κ2) is 7.46. The number of fused-ring (bicyclic) bond motifs is 1. The van der Waals surface area contributed by atoms with Gasteiger partial charge in [0.25, 0.3) is 11.8 Å². The number of nitrogens with zero attached hydrogens (tertiary/aromatic N) is 1. The lowest BCUT2D eigenvalue weighted by Gasteiger charge is -2.32. The lowest BCUT2D eigenvalue weighted by atomic mass is 9.78. The third kappa shape index (κ3) is 3.38. The van der Waals surface area contributed by atoms with E-state index < -0.39 is 0 Å². The lowest BCUT2D eigenvalue weighted by molar-refractivity contribution is -0.122. The van der Waals surface area contributed by atoms with Crippen molar-refractivity contribution in [2.24, 2.45) is 11.8 Å². The van der Waals surface area contributed by atoms with Crippen LogP contribution in [0.5, 0.6) is 5.75 Å². The van der Waals surface area contributed by atoms with Crippen LogP contribution in [-0.4, -0.2) is 34.3 Å². The molecule has 0 bridgehead atoms. The Kier molecular flexibility index (Phi) is 4.86. The van der Waals surface area contributed by atoms with Gasteiger partial charge < -0.3 is 10.4 Å². The SMILES string of the molecule is O=C(Nc1ccc(O)cc1)C1CCCCC1CN1C(=O)c2ccccc2C1=O. The van der Waals surface area contributed by atoms with Gasteiger partial charge in [0.2, 0.25) is 5.91 Å². The Morgan fingerprint density at radius 1 is 0.964 bits per heavy atom. The van der Waals surface area contributed by atoms with Gasteiger partial charge in [-0.25, -0.2) is 0 Å². The highest BCUT2D eigenvalue weighted by Gasteiger charge is 2.39. The van der Waals surface area contributed by atoms with Crippen molar-refractivity contribution >= 4 is 23.4 Å². The molecule has 1 fully saturated rings. The molecule has 0 spiro atoms. The smallest absolute Gasteiger partial charge is 0.261 e. The number of hydrogen-bond acceptors (Lipinski definition) is 4. The van der Waals surface area contributed by atoms with Crippen LogP contribution in [0.2, 0.25) is 0 Å². The first kappa shape index (κ1) is 18.2. The molecule has 6 nitrogen and oxygen atoms in total. The summed E-state index contributed by atoms with van der Waals surface area (Å²) in [5, 5.41) is 12.3. The van der Waals surface area contributed by atoms with Crippen molar-refractivity contribution in [3.63, 3.8) is 0 Å². The second-order valence-corrected chi connectivity index (χ2v) is 7.45. The number of benzene rings is 2. The zero-order chi connectivity index (χ0) is 19.7. The van der Waals surface area contributed by atoms with Crippen LogP contribution in [-0.2, 0) is 4.79 Å². The predicted octanol–water partition coefficient (Wildman–Crippen LogP) is 3.43. The van der Waals surface area contributed by atoms with Crippen LogP contribution in [0.25, 0.3) is 0 Å². The number of phenolic OH excluding ortho intramolecular Hbond substituents is 1. The van der Waals surface area contributed by atoms with Gasteiger partial charge in [-0.2, -0.15) is 0 Å². The van der Waals surface area contributed by atoms with Crippen LogP contribution in [0.15, 0.2) is 48.5 Å². The number of hydrogen-bond donors (Lipinski definition) is 2. The van der Waals surface area contributed by atoms with E-state index in [0.29, 0.717) is 16.8 Å². The van der Waals surface area contributed by atoms with Crippen molar-refractivity contribution in [2.75, 3.05) is 11.9 Å². The Morgan fingerprint density at radius 3 is 2.21 bits per heavy atom. The molecule has 0 saturated heterocycles. The fraction of sp³-hybridized carbons (Fsp3) is 0.318. The van der Waals surface area contributed by atoms with Gasteiger partial charge in [-0.3, -0.25) is 19.3 Å². The van der Waals surface area contributed by atoms with Gasteiger partial charge in [-0.1, -0.05) is 25.0 Å². The van der Waals surface area contributed by atoms with Gasteiger partial charge in [-0.05, 0) is 55.2 Å². The van der Waals surface area contributed by atoms with Crippen LogP contribution in [0.3, 0.4) is 0 Å². The van der Waals surface area contributed by atoms with Crippen molar-refractivity contribution in [3.05, 3.63) is 59.7 Å². The summed E-state index contributed by atoms with van der Waals surface area (Å²) < 4.78 is 0. The Bertz CT molecular complexity index is 887. The molecule has 2 unspecified atom stereocenters. The van der Waals surface area contributed by atoms with Gasteiger partial charge in [0.1, 0.15) is 5.75 Å². The quantitative estimate of drug-likeness (QED) is 0.630. The minimum Gasteiger partial charge on any atom is -0.508 e. The third-order valence-electron chi connectivity index (χ3n) is 5.68. The zero-order valence-electron chi connectivity index (χ0n) is 15.4. The van der Waals surface area contributed by atoms with Crippen molar-refractivity contribution < 1.29 is 19.5 Å². The average molecular weight is 378 g/mol. The molecular weight excluding hydrogens is 356 g/mol. The van der Waals surface area contributed by atoms with E-state index in [-0.39, 0.29) is 41.9 Å². The Labute approximate surface area is 163 Å². The molecule has 2 aliphatic rings. The molecule has 1 saturated carbocycles. The number of imide groups is 1. The zero-order valence-corrected chi connectivity index (χ0v) is 15.4. The van der Waals surface area contributed by atoms with Crippen molar-refractivity contribution in [2.45, 2.75) is 25.7 Å². The van der Waals surface area contributed by atoms with Crippen molar-refractivity contribution in [1.82, 2.24) is 4.90 Å². The van der Waals surface area contributed by atoms with Gasteiger partial charge >= 0.3 is 0 Å². The molecule has 3 amide bonds. The van der Waals surface area contributed by atoms with E-state index in [9.17, 15) is 19.5 Å². The molecule has 144 valence electrons. The minimum absolute atomic E-state index is 0.0620. The summed E-state index contributed by atoms with van der Waals surface area (Å²) in [7, 11) is 0. The minimum atomic E-state index is -0.274. The average Bonchev–Trinajstić information content (AvgIpc) is 2.95. The maximum Gasteiger partial charge on any atom is 0.261 e. The van der Waals surface area contributed by atoms with Crippen LogP contribution >= 0.6 is 0 Å². The maximum absolute atomic E-state index is 12.9. The van der Waals surface area contributed by atoms with E-state index in [1.807, 2.05) is 0 Å². The van der Waals surface area contributed by atoms with E-state index in [0.717, 1.165) is 25.7 Å². The molecule has 1 heterocycles. The van der Waals surface area contributed by atoms with Crippen LogP contribution in [0, 0.1) is 11.8 Å². The second-order valence-electron chi connectivity index (χ2n) is 7.45. The number of rotatable bonds is 4. The van der Waals surface area contributed by atoms with Gasteiger partial charge in [0.05, 0.1) is 11.1 Å². The summed E-state index contributed by atoms with van der Waals surface area (Å²) >= 11 is 0. The first-order valence-electron chi connectivity index (χ1n) is 9.59. The molecule has 2 aromatic carbocycles. The maximum atomic E-state index is 12.9. The molecule has 6 heteroatoms. The molecule has 1 aliphatic heterocycles. The van der Waals surface area contributed by atoms with E-state index in [4.69, 9.17) is 0 Å². The third-order valence-corrected chi connectivity index (χ3v) is 5.68. The molecule has 4 rings (SSSR count). The molecule has 2 atom stereocenters. The van der Waals surface area contributed by atoms with Gasteiger partial charge in [0.15, 0.2) is 0 Å². The van der Waals surface area contributed by atoms with Crippen LogP contribution in [0.1, 0.15) is 46.4 Å². The molecule has 28 heavy (non-hydrogen) atoms. The summed E-state index contributed by atoms with van der Waals surface area (Å²) in [6.07, 6.45) is 3.47. The number of phenols is 1. The normalized spacial score (nSPS) is 21.5. The van der Waals surface area contributed by atoms with E-state index in [1.165, 1.54) is 17.0 Å². The summed E-state index contributed by atoms with van der Waals surface area (Å²) in [6.45, 7) is 0.264. The topological polar surface area (TPSA) is 86.7 Å². The highest BCUT2D eigenvalue weighted by molar-refractivity contribution is 6.21. The number of carbonyl (C=O) groups is 3. The number of aromatic hydroxyl groups is 1. The fourth-order valence-electron chi connectivity index (χ4n) is 4.19.